The Labute approximate surface area is 403 Å². The number of sulfonamides is 2. The fourth-order valence-electron chi connectivity index (χ4n) is 8.46. The average molecular weight is 1010 g/mol. The standard InChI is InChI=1S/C46H48Cl2N8O10S2/c1-51(2)18-15-49-67(63,64)33-9-11-35-37(21-33)39(55(59)60)23-41-45(35)31(25-47)27-53(41)17-14-43(57)30-7-5-6-29(20-30)8-13-44(58)54-28-32(26-48)46-36-12-10-34(68(65,66)50-16-19-52(3)4)22-38(36)40(56(61)62)24-42(46)54/h5-14,17,20-24,31-32,49-50H,15-16,18-19,25-28H2,1-4H3. The van der Waals surface area contributed by atoms with E-state index in [-0.39, 0.29) is 87.0 Å². The molecular formula is C46H48Cl2N8O10S2. The number of amides is 1. The number of nitrogens with zero attached hydrogens (tertiary/aromatic N) is 6. The van der Waals surface area contributed by atoms with Gasteiger partial charge in [0.15, 0.2) is 5.78 Å². The fraction of sp³-hybridized carbons (Fsp3) is 0.304. The molecular weight excluding hydrogens is 960 g/mol. The van der Waals surface area contributed by atoms with Crippen LogP contribution in [0.1, 0.15) is 38.9 Å². The van der Waals surface area contributed by atoms with Crippen molar-refractivity contribution >= 4 is 105 Å². The van der Waals surface area contributed by atoms with E-state index in [1.165, 1.54) is 71.8 Å². The molecule has 2 unspecified atom stereocenters. The van der Waals surface area contributed by atoms with Gasteiger partial charge >= 0.3 is 0 Å². The molecule has 1 amide bonds. The molecule has 7 rings (SSSR count). The Morgan fingerprint density at radius 1 is 0.706 bits per heavy atom. The Morgan fingerprint density at radius 3 is 1.74 bits per heavy atom. The van der Waals surface area contributed by atoms with Gasteiger partial charge in [-0.1, -0.05) is 30.3 Å². The Balaban J connectivity index is 1.12. The van der Waals surface area contributed by atoms with Gasteiger partial charge in [0.2, 0.25) is 20.0 Å². The van der Waals surface area contributed by atoms with Crippen LogP contribution in [-0.4, -0.2) is 127 Å². The van der Waals surface area contributed by atoms with Gasteiger partial charge in [-0.3, -0.25) is 29.8 Å². The van der Waals surface area contributed by atoms with Crippen molar-refractivity contribution < 1.29 is 36.3 Å². The molecule has 0 saturated carbocycles. The summed E-state index contributed by atoms with van der Waals surface area (Å²) in [5, 5.41) is 25.9. The summed E-state index contributed by atoms with van der Waals surface area (Å²) in [5.41, 5.74) is 2.06. The summed E-state index contributed by atoms with van der Waals surface area (Å²) < 4.78 is 57.5. The number of ketones is 1. The van der Waals surface area contributed by atoms with E-state index in [1.54, 1.807) is 63.4 Å². The van der Waals surface area contributed by atoms with Crippen LogP contribution < -0.4 is 19.2 Å². The third-order valence-corrected chi connectivity index (χ3v) is 15.5. The lowest BCUT2D eigenvalue weighted by Crippen LogP contribution is -2.31. The zero-order valence-electron chi connectivity index (χ0n) is 37.4. The van der Waals surface area contributed by atoms with E-state index in [9.17, 15) is 46.7 Å². The minimum atomic E-state index is -4.00. The topological polar surface area (TPSA) is 226 Å². The fourth-order valence-corrected chi connectivity index (χ4v) is 11.1. The van der Waals surface area contributed by atoms with Crippen LogP contribution >= 0.6 is 23.2 Å². The summed E-state index contributed by atoms with van der Waals surface area (Å²) in [5.74, 6) is -1.44. The Hall–Kier alpha value is -5.84. The van der Waals surface area contributed by atoms with Crippen molar-refractivity contribution in [3.05, 3.63) is 134 Å². The molecule has 0 saturated heterocycles. The van der Waals surface area contributed by atoms with Gasteiger partial charge in [-0.05, 0) is 92.1 Å². The molecule has 68 heavy (non-hydrogen) atoms. The molecule has 2 atom stereocenters. The lowest BCUT2D eigenvalue weighted by atomic mass is 9.95. The number of hydrogen-bond acceptors (Lipinski definition) is 13. The van der Waals surface area contributed by atoms with E-state index in [0.29, 0.717) is 46.2 Å². The second-order valence-electron chi connectivity index (χ2n) is 16.9. The number of nitro benzene ring substituents is 2. The number of carbonyl (C=O) groups is 2. The van der Waals surface area contributed by atoms with E-state index in [2.05, 4.69) is 9.44 Å². The number of nitrogens with one attached hydrogen (secondary N) is 2. The molecule has 0 spiro atoms. The van der Waals surface area contributed by atoms with E-state index >= 15 is 0 Å². The van der Waals surface area contributed by atoms with Gasteiger partial charge in [-0.15, -0.1) is 23.2 Å². The molecule has 0 bridgehead atoms. The number of hydrogen-bond donors (Lipinski definition) is 2. The zero-order chi connectivity index (χ0) is 49.2. The number of non-ortho nitro benzene ring substituents is 2. The number of carbonyl (C=O) groups excluding carboxylic acids is 2. The number of nitro groups is 2. The van der Waals surface area contributed by atoms with Crippen LogP contribution in [0.2, 0.25) is 0 Å². The average Bonchev–Trinajstić information content (AvgIpc) is 3.86. The summed E-state index contributed by atoms with van der Waals surface area (Å²) in [6.45, 7) is 1.56. The predicted octanol–water partition coefficient (Wildman–Crippen LogP) is 6.41. The van der Waals surface area contributed by atoms with Gasteiger partial charge in [0.1, 0.15) is 0 Å². The molecule has 0 aromatic heterocycles. The number of fused-ring (bicyclic) bond motifs is 6. The maximum absolute atomic E-state index is 13.8. The summed E-state index contributed by atoms with van der Waals surface area (Å²) >= 11 is 12.8. The minimum absolute atomic E-state index is 0.0726. The molecule has 2 N–H and O–H groups in total. The van der Waals surface area contributed by atoms with Crippen molar-refractivity contribution in [1.82, 2.24) is 19.2 Å². The van der Waals surface area contributed by atoms with Crippen LogP contribution in [0.15, 0.2) is 101 Å². The molecule has 18 nitrogen and oxygen atoms in total. The minimum Gasteiger partial charge on any atom is -0.347 e. The van der Waals surface area contributed by atoms with Gasteiger partial charge in [-0.25, -0.2) is 26.3 Å². The van der Waals surface area contributed by atoms with Crippen molar-refractivity contribution in [3.63, 3.8) is 0 Å². The van der Waals surface area contributed by atoms with E-state index in [1.807, 2.05) is 9.80 Å². The van der Waals surface area contributed by atoms with Gasteiger partial charge < -0.3 is 19.6 Å². The molecule has 0 aliphatic carbocycles. The maximum atomic E-state index is 13.8. The van der Waals surface area contributed by atoms with Crippen LogP contribution in [0.3, 0.4) is 0 Å². The van der Waals surface area contributed by atoms with Gasteiger partial charge in [-0.2, -0.15) is 0 Å². The first kappa shape index (κ1) is 50.0. The molecule has 2 heterocycles. The van der Waals surface area contributed by atoms with Crippen molar-refractivity contribution in [2.45, 2.75) is 21.6 Å². The third kappa shape index (κ3) is 10.4. The van der Waals surface area contributed by atoms with Gasteiger partial charge in [0.25, 0.3) is 17.3 Å². The van der Waals surface area contributed by atoms with Gasteiger partial charge in [0, 0.05) is 98.9 Å². The zero-order valence-corrected chi connectivity index (χ0v) is 40.5. The number of allylic oxidation sites excluding steroid dienone is 1. The number of rotatable bonds is 19. The Kier molecular flexibility index (Phi) is 15.0. The summed E-state index contributed by atoms with van der Waals surface area (Å²) in [6, 6.07) is 17.5. The normalized spacial score (nSPS) is 16.2. The lowest BCUT2D eigenvalue weighted by Gasteiger charge is -2.16. The number of halogens is 2. The number of alkyl halides is 2. The molecule has 22 heteroatoms. The summed E-state index contributed by atoms with van der Waals surface area (Å²) in [6.07, 6.45) is 5.64. The SMILES string of the molecule is CN(C)CCNS(=O)(=O)c1ccc2c3c(cc([N+](=O)[O-])c2c1)N(C=CC(=O)c1cccc(C=CC(=O)N2CC(CCl)c4c2cc([N+](=O)[O-])c2cc(S(=O)(=O)NCCN(C)C)ccc42)c1)CC3CCl. The third-order valence-electron chi connectivity index (χ3n) is 11.8. The largest absolute Gasteiger partial charge is 0.347 e. The first-order chi connectivity index (χ1) is 32.2. The Bertz CT molecular complexity index is 3150. The smallest absolute Gasteiger partial charge is 0.279 e. The van der Waals surface area contributed by atoms with Crippen LogP contribution in [-0.2, 0) is 24.8 Å². The summed E-state index contributed by atoms with van der Waals surface area (Å²) in [4.78, 5) is 57.6. The second kappa shape index (κ2) is 20.4. The number of benzene rings is 5. The molecule has 5 aromatic rings. The highest BCUT2D eigenvalue weighted by atomic mass is 35.5. The highest BCUT2D eigenvalue weighted by Crippen LogP contribution is 2.47. The van der Waals surface area contributed by atoms with Crippen LogP contribution in [0, 0.1) is 20.2 Å². The highest BCUT2D eigenvalue weighted by molar-refractivity contribution is 7.89. The van der Waals surface area contributed by atoms with E-state index in [0.717, 1.165) is 0 Å². The number of likely N-dealkylation sites (N-methyl/N-ethyl adjacent to an activating group) is 2. The lowest BCUT2D eigenvalue weighted by molar-refractivity contribution is -0.383. The molecule has 5 aromatic carbocycles. The number of anilines is 2. The van der Waals surface area contributed by atoms with Crippen LogP contribution in [0.4, 0.5) is 22.7 Å². The molecule has 0 radical (unpaired) electrons. The highest BCUT2D eigenvalue weighted by Gasteiger charge is 2.37. The van der Waals surface area contributed by atoms with Crippen molar-refractivity contribution in [2.24, 2.45) is 0 Å². The maximum Gasteiger partial charge on any atom is 0.279 e. The molecule has 358 valence electrons. The predicted molar refractivity (Wildman–Crippen MR) is 264 cm³/mol. The molecule has 0 fully saturated rings. The van der Waals surface area contributed by atoms with Crippen LogP contribution in [0.5, 0.6) is 0 Å². The Morgan fingerprint density at radius 2 is 1.22 bits per heavy atom. The summed E-state index contributed by atoms with van der Waals surface area (Å²) in [7, 11) is -0.768. The van der Waals surface area contributed by atoms with Crippen molar-refractivity contribution in [2.75, 3.05) is 89.0 Å². The monoisotopic (exact) mass is 1010 g/mol. The first-order valence-electron chi connectivity index (χ1n) is 21.2. The van der Waals surface area contributed by atoms with E-state index in [4.69, 9.17) is 23.2 Å². The van der Waals surface area contributed by atoms with Crippen molar-refractivity contribution in [1.29, 1.82) is 0 Å². The quantitative estimate of drug-likeness (QED) is 0.0300. The molecule has 2 aliphatic heterocycles. The second-order valence-corrected chi connectivity index (χ2v) is 21.1. The molecule has 2 aliphatic rings. The van der Waals surface area contributed by atoms with Crippen LogP contribution in [0.25, 0.3) is 27.6 Å². The first-order valence-corrected chi connectivity index (χ1v) is 25.3. The van der Waals surface area contributed by atoms with Gasteiger partial charge in [0.05, 0.1) is 41.8 Å². The van der Waals surface area contributed by atoms with E-state index < -0.39 is 47.5 Å². The van der Waals surface area contributed by atoms with Crippen molar-refractivity contribution in [3.8, 4) is 0 Å².